The molecular formula is C15H22FN3. The molecule has 0 amide bonds. The summed E-state index contributed by atoms with van der Waals surface area (Å²) in [5, 5.41) is 3.38. The van der Waals surface area contributed by atoms with Crippen molar-refractivity contribution in [3.8, 4) is 0 Å². The number of hydrogen-bond acceptors (Lipinski definition) is 3. The molecule has 2 atom stereocenters. The Morgan fingerprint density at radius 1 is 1.26 bits per heavy atom. The van der Waals surface area contributed by atoms with Gasteiger partial charge in [0.15, 0.2) is 0 Å². The van der Waals surface area contributed by atoms with E-state index in [-0.39, 0.29) is 11.9 Å². The molecule has 4 rings (SSSR count). The zero-order chi connectivity index (χ0) is 13.4. The van der Waals surface area contributed by atoms with Crippen LogP contribution in [0.1, 0.15) is 17.2 Å². The summed E-state index contributed by atoms with van der Waals surface area (Å²) in [5.41, 5.74) is 1.78. The van der Waals surface area contributed by atoms with E-state index in [1.165, 1.54) is 13.1 Å². The lowest BCUT2D eigenvalue weighted by Gasteiger charge is -2.50. The zero-order valence-electron chi connectivity index (χ0n) is 11.7. The smallest absolute Gasteiger partial charge is 0.126 e. The maximum absolute atomic E-state index is 13.8. The van der Waals surface area contributed by atoms with E-state index < -0.39 is 0 Å². The highest BCUT2D eigenvalue weighted by molar-refractivity contribution is 5.27. The molecule has 0 radical (unpaired) electrons. The van der Waals surface area contributed by atoms with Crippen LogP contribution in [0.15, 0.2) is 18.2 Å². The van der Waals surface area contributed by atoms with Crippen molar-refractivity contribution in [2.75, 3.05) is 39.8 Å². The number of nitrogens with zero attached hydrogens (tertiary/aromatic N) is 2. The van der Waals surface area contributed by atoms with Gasteiger partial charge in [0.05, 0.1) is 0 Å². The van der Waals surface area contributed by atoms with Gasteiger partial charge in [-0.1, -0.05) is 12.1 Å². The summed E-state index contributed by atoms with van der Waals surface area (Å²) in [4.78, 5) is 5.05. The minimum Gasteiger partial charge on any atom is -0.312 e. The number of hydrogen-bond donors (Lipinski definition) is 1. The Kier molecular flexibility index (Phi) is 3.56. The lowest BCUT2D eigenvalue weighted by molar-refractivity contribution is -0.00258. The summed E-state index contributed by atoms with van der Waals surface area (Å²) >= 11 is 0. The van der Waals surface area contributed by atoms with Crippen molar-refractivity contribution >= 4 is 0 Å². The Balaban J connectivity index is 1.85. The van der Waals surface area contributed by atoms with Gasteiger partial charge in [-0.05, 0) is 31.2 Å². The molecular weight excluding hydrogens is 241 g/mol. The van der Waals surface area contributed by atoms with E-state index in [2.05, 4.69) is 21.2 Å². The fourth-order valence-electron chi connectivity index (χ4n) is 3.36. The normalized spacial score (nSPS) is 31.4. The fourth-order valence-corrected chi connectivity index (χ4v) is 3.36. The minimum atomic E-state index is -0.103. The molecule has 3 fully saturated rings. The predicted molar refractivity (Wildman–Crippen MR) is 74.7 cm³/mol. The van der Waals surface area contributed by atoms with Gasteiger partial charge in [0.25, 0.3) is 0 Å². The van der Waals surface area contributed by atoms with Crippen molar-refractivity contribution in [2.45, 2.75) is 19.0 Å². The van der Waals surface area contributed by atoms with Crippen molar-refractivity contribution in [3.05, 3.63) is 35.1 Å². The summed E-state index contributed by atoms with van der Waals surface area (Å²) in [6.07, 6.45) is 0. The molecule has 1 N–H and O–H groups in total. The van der Waals surface area contributed by atoms with Crippen molar-refractivity contribution in [3.63, 3.8) is 0 Å². The van der Waals surface area contributed by atoms with Crippen LogP contribution in [0.25, 0.3) is 0 Å². The molecule has 2 bridgehead atoms. The number of nitrogens with one attached hydrogen (secondary N) is 1. The van der Waals surface area contributed by atoms with E-state index in [0.717, 1.165) is 25.2 Å². The highest BCUT2D eigenvalue weighted by atomic mass is 19.1. The van der Waals surface area contributed by atoms with Gasteiger partial charge in [0, 0.05) is 44.8 Å². The van der Waals surface area contributed by atoms with E-state index in [1.54, 1.807) is 6.07 Å². The molecule has 1 aromatic rings. The molecule has 104 valence electrons. The van der Waals surface area contributed by atoms with Crippen molar-refractivity contribution in [2.24, 2.45) is 0 Å². The van der Waals surface area contributed by atoms with Crippen molar-refractivity contribution in [1.82, 2.24) is 15.1 Å². The third-order valence-corrected chi connectivity index (χ3v) is 4.57. The van der Waals surface area contributed by atoms with E-state index in [0.29, 0.717) is 11.6 Å². The molecule has 1 aromatic carbocycles. The summed E-state index contributed by atoms with van der Waals surface area (Å²) in [5.74, 6) is -0.103. The van der Waals surface area contributed by atoms with Crippen molar-refractivity contribution < 1.29 is 4.39 Å². The Morgan fingerprint density at radius 2 is 2.00 bits per heavy atom. The van der Waals surface area contributed by atoms with E-state index in [4.69, 9.17) is 0 Å². The molecule has 3 aliphatic rings. The Labute approximate surface area is 114 Å². The second kappa shape index (κ2) is 5.19. The molecule has 19 heavy (non-hydrogen) atoms. The van der Waals surface area contributed by atoms with Gasteiger partial charge >= 0.3 is 0 Å². The van der Waals surface area contributed by atoms with Crippen LogP contribution in [0.4, 0.5) is 4.39 Å². The minimum absolute atomic E-state index is 0.103. The van der Waals surface area contributed by atoms with Crippen molar-refractivity contribution in [1.29, 1.82) is 0 Å². The average Bonchev–Trinajstić information content (AvgIpc) is 2.45. The second-order valence-electron chi connectivity index (χ2n) is 5.68. The monoisotopic (exact) mass is 263 g/mol. The van der Waals surface area contributed by atoms with Crippen LogP contribution >= 0.6 is 0 Å². The number of likely N-dealkylation sites (N-methyl/N-ethyl adjacent to an activating group) is 1. The zero-order valence-corrected chi connectivity index (χ0v) is 11.7. The van der Waals surface area contributed by atoms with Crippen LogP contribution in [-0.2, 0) is 0 Å². The Hall–Kier alpha value is -0.970. The first-order chi connectivity index (χ1) is 9.19. The predicted octanol–water partition coefficient (Wildman–Crippen LogP) is 1.39. The van der Waals surface area contributed by atoms with Crippen LogP contribution in [0.3, 0.4) is 0 Å². The lowest BCUT2D eigenvalue weighted by Crippen LogP contribution is -2.63. The van der Waals surface area contributed by atoms with E-state index in [9.17, 15) is 4.39 Å². The molecule has 3 heterocycles. The standard InChI is InChI=1S/C15H22FN3/c1-11-3-4-12(9-13(11)16)15(17-2)14-10-18-5-7-19(14)8-6-18/h3-4,9,14-15,17H,5-8,10H2,1-2H3. The number of aryl methyl sites for hydroxylation is 1. The summed E-state index contributed by atoms with van der Waals surface area (Å²) in [7, 11) is 1.97. The van der Waals surface area contributed by atoms with Gasteiger partial charge in [-0.25, -0.2) is 4.39 Å². The molecule has 3 saturated heterocycles. The number of piperazine rings is 3. The second-order valence-corrected chi connectivity index (χ2v) is 5.68. The molecule has 0 aromatic heterocycles. The molecule has 3 nitrogen and oxygen atoms in total. The largest absolute Gasteiger partial charge is 0.312 e. The molecule has 0 spiro atoms. The number of benzene rings is 1. The lowest BCUT2D eigenvalue weighted by atomic mass is 9.93. The Bertz CT molecular complexity index is 455. The van der Waals surface area contributed by atoms with Gasteiger partial charge in [0.1, 0.15) is 5.82 Å². The third kappa shape index (κ3) is 2.40. The van der Waals surface area contributed by atoms with Crippen LogP contribution in [-0.4, -0.2) is 55.6 Å². The van der Waals surface area contributed by atoms with Crippen LogP contribution in [0.5, 0.6) is 0 Å². The van der Waals surface area contributed by atoms with E-state index >= 15 is 0 Å². The number of rotatable bonds is 3. The van der Waals surface area contributed by atoms with Gasteiger partial charge in [0.2, 0.25) is 0 Å². The topological polar surface area (TPSA) is 18.5 Å². The average molecular weight is 263 g/mol. The van der Waals surface area contributed by atoms with Crippen LogP contribution in [0.2, 0.25) is 0 Å². The maximum atomic E-state index is 13.8. The van der Waals surface area contributed by atoms with Crippen LogP contribution < -0.4 is 5.32 Å². The van der Waals surface area contributed by atoms with Gasteiger partial charge in [-0.2, -0.15) is 0 Å². The summed E-state index contributed by atoms with van der Waals surface area (Å²) in [6, 6.07) is 6.28. The first-order valence-electron chi connectivity index (χ1n) is 7.09. The third-order valence-electron chi connectivity index (χ3n) is 4.57. The van der Waals surface area contributed by atoms with Gasteiger partial charge in [-0.15, -0.1) is 0 Å². The number of fused-ring (bicyclic) bond motifs is 3. The molecule has 0 aliphatic carbocycles. The van der Waals surface area contributed by atoms with Crippen LogP contribution in [0, 0.1) is 12.7 Å². The maximum Gasteiger partial charge on any atom is 0.126 e. The first-order valence-corrected chi connectivity index (χ1v) is 7.09. The quantitative estimate of drug-likeness (QED) is 0.889. The van der Waals surface area contributed by atoms with Gasteiger partial charge in [-0.3, -0.25) is 9.80 Å². The molecule has 4 heteroatoms. The summed E-state index contributed by atoms with van der Waals surface area (Å²) in [6.45, 7) is 7.52. The first kappa shape index (κ1) is 13.0. The van der Waals surface area contributed by atoms with E-state index in [1.807, 2.05) is 20.0 Å². The number of halogens is 1. The molecule has 3 aliphatic heterocycles. The Morgan fingerprint density at radius 3 is 2.53 bits per heavy atom. The molecule has 2 unspecified atom stereocenters. The SMILES string of the molecule is CNC(c1ccc(C)c(F)c1)C1CN2CCN1CC2. The molecule has 0 saturated carbocycles. The fraction of sp³-hybridized carbons (Fsp3) is 0.600. The summed E-state index contributed by atoms with van der Waals surface area (Å²) < 4.78 is 13.8. The van der Waals surface area contributed by atoms with Gasteiger partial charge < -0.3 is 5.32 Å². The highest BCUT2D eigenvalue weighted by Crippen LogP contribution is 2.27. The highest BCUT2D eigenvalue weighted by Gasteiger charge is 2.36.